The first-order chi connectivity index (χ1) is 13.8. The highest BCUT2D eigenvalue weighted by Crippen LogP contribution is 2.47. The third kappa shape index (κ3) is 5.68. The van der Waals surface area contributed by atoms with Crippen molar-refractivity contribution in [2.75, 3.05) is 14.1 Å². The van der Waals surface area contributed by atoms with Crippen molar-refractivity contribution in [3.05, 3.63) is 71.3 Å². The van der Waals surface area contributed by atoms with Crippen molar-refractivity contribution < 1.29 is 15.0 Å². The molecule has 0 spiro atoms. The molecule has 29 heavy (non-hydrogen) atoms. The van der Waals surface area contributed by atoms with Crippen LogP contribution in [-0.4, -0.2) is 47.3 Å². The molecule has 4 heteroatoms. The van der Waals surface area contributed by atoms with E-state index in [1.54, 1.807) is 19.0 Å². The molecular weight excluding hydrogens is 362 g/mol. The highest BCUT2D eigenvalue weighted by Gasteiger charge is 2.42. The molecule has 0 unspecified atom stereocenters. The van der Waals surface area contributed by atoms with Gasteiger partial charge in [0, 0.05) is 32.9 Å². The molecule has 3 rings (SSSR count). The van der Waals surface area contributed by atoms with Crippen LogP contribution in [0.2, 0.25) is 0 Å². The van der Waals surface area contributed by atoms with Crippen molar-refractivity contribution in [3.63, 3.8) is 0 Å². The summed E-state index contributed by atoms with van der Waals surface area (Å²) in [4.78, 5) is 13.3. The zero-order valence-corrected chi connectivity index (χ0v) is 17.7. The van der Waals surface area contributed by atoms with Gasteiger partial charge in [-0.15, -0.1) is 0 Å². The standard InChI is InChI=1S/C25H33NO3/c1-17-6-4-7-18(12-17)14-21(27)10-11-22-23-15-19(13-20(23)16-24(22)28)8-5-9-25(29)26(2)3/h4-8,10-13,20-24,27-28H,9,14-16H2,1-3H3/t20-,21-,22+,23-,24+/m0/s1. The molecule has 0 aromatic heterocycles. The van der Waals surface area contributed by atoms with Crippen molar-refractivity contribution >= 4 is 5.91 Å². The second kappa shape index (κ2) is 9.55. The maximum atomic E-state index is 11.7. The first-order valence-corrected chi connectivity index (χ1v) is 10.5. The molecule has 1 aromatic rings. The van der Waals surface area contributed by atoms with Crippen molar-refractivity contribution in [1.29, 1.82) is 0 Å². The predicted molar refractivity (Wildman–Crippen MR) is 116 cm³/mol. The van der Waals surface area contributed by atoms with Crippen molar-refractivity contribution in [3.8, 4) is 0 Å². The summed E-state index contributed by atoms with van der Waals surface area (Å²) in [5.41, 5.74) is 3.56. The summed E-state index contributed by atoms with van der Waals surface area (Å²) in [6, 6.07) is 8.19. The molecule has 1 aromatic carbocycles. The van der Waals surface area contributed by atoms with E-state index in [1.165, 1.54) is 11.1 Å². The molecular formula is C25H33NO3. The third-order valence-corrected chi connectivity index (χ3v) is 6.11. The SMILES string of the molecule is Cc1cccc(C[C@@H](O)C=C[C@@H]2[C@H]3CC(C=CCC(=O)N(C)C)=C[C@H]3C[C@H]2O)c1. The Bertz CT molecular complexity index is 808. The lowest BCUT2D eigenvalue weighted by Gasteiger charge is -2.18. The monoisotopic (exact) mass is 395 g/mol. The first kappa shape index (κ1) is 21.5. The number of hydrogen-bond donors (Lipinski definition) is 2. The Hall–Kier alpha value is -2.17. The molecule has 0 radical (unpaired) electrons. The lowest BCUT2D eigenvalue weighted by Crippen LogP contribution is -2.20. The van der Waals surface area contributed by atoms with Gasteiger partial charge in [-0.3, -0.25) is 4.79 Å². The van der Waals surface area contributed by atoms with E-state index < -0.39 is 6.10 Å². The van der Waals surface area contributed by atoms with Crippen LogP contribution in [0.4, 0.5) is 0 Å². The summed E-state index contributed by atoms with van der Waals surface area (Å²) in [5, 5.41) is 20.9. The van der Waals surface area contributed by atoms with Crippen molar-refractivity contribution in [1.82, 2.24) is 4.90 Å². The average molecular weight is 396 g/mol. The number of aliphatic hydroxyl groups is 2. The number of fused-ring (bicyclic) bond motifs is 1. The lowest BCUT2D eigenvalue weighted by atomic mass is 9.89. The smallest absolute Gasteiger partial charge is 0.225 e. The average Bonchev–Trinajstić information content (AvgIpc) is 3.16. The number of carbonyl (C=O) groups excluding carboxylic acids is 1. The molecule has 0 aliphatic heterocycles. The zero-order valence-electron chi connectivity index (χ0n) is 17.7. The van der Waals surface area contributed by atoms with Gasteiger partial charge in [0.05, 0.1) is 12.2 Å². The van der Waals surface area contributed by atoms with E-state index in [4.69, 9.17) is 0 Å². The van der Waals surface area contributed by atoms with E-state index in [-0.39, 0.29) is 17.9 Å². The molecule has 2 N–H and O–H groups in total. The van der Waals surface area contributed by atoms with Crippen LogP contribution in [-0.2, 0) is 11.2 Å². The minimum absolute atomic E-state index is 0.0673. The summed E-state index contributed by atoms with van der Waals surface area (Å²) < 4.78 is 0. The van der Waals surface area contributed by atoms with Gasteiger partial charge in [-0.25, -0.2) is 0 Å². The maximum Gasteiger partial charge on any atom is 0.225 e. The molecule has 1 fully saturated rings. The molecule has 0 bridgehead atoms. The van der Waals surface area contributed by atoms with Crippen LogP contribution in [0.1, 0.15) is 30.4 Å². The zero-order chi connectivity index (χ0) is 21.0. The van der Waals surface area contributed by atoms with Crippen LogP contribution < -0.4 is 0 Å². The molecule has 2 aliphatic carbocycles. The minimum Gasteiger partial charge on any atom is -0.392 e. The number of rotatable bonds is 7. The number of nitrogens with zero attached hydrogens (tertiary/aromatic N) is 1. The fourth-order valence-electron chi connectivity index (χ4n) is 4.57. The Labute approximate surface area is 174 Å². The fourth-order valence-corrected chi connectivity index (χ4v) is 4.57. The van der Waals surface area contributed by atoms with Gasteiger partial charge in [0.15, 0.2) is 0 Å². The number of allylic oxidation sites excluding steroid dienone is 3. The Kier molecular flexibility index (Phi) is 7.09. The number of aliphatic hydroxyl groups excluding tert-OH is 2. The van der Waals surface area contributed by atoms with Gasteiger partial charge in [0.25, 0.3) is 0 Å². The molecule has 1 saturated carbocycles. The van der Waals surface area contributed by atoms with Crippen LogP contribution in [0.5, 0.6) is 0 Å². The highest BCUT2D eigenvalue weighted by atomic mass is 16.3. The molecule has 156 valence electrons. The number of amides is 1. The van der Waals surface area contributed by atoms with Crippen molar-refractivity contribution in [2.45, 2.75) is 44.8 Å². The second-order valence-corrected chi connectivity index (χ2v) is 8.69. The molecule has 2 aliphatic rings. The normalized spacial score (nSPS) is 27.4. The number of aryl methyl sites for hydroxylation is 1. The summed E-state index contributed by atoms with van der Waals surface area (Å²) in [6.45, 7) is 2.05. The summed E-state index contributed by atoms with van der Waals surface area (Å²) in [5.74, 6) is 0.908. The maximum absolute atomic E-state index is 11.7. The Balaban J connectivity index is 1.56. The van der Waals surface area contributed by atoms with E-state index in [0.29, 0.717) is 24.7 Å². The van der Waals surface area contributed by atoms with E-state index in [1.807, 2.05) is 30.4 Å². The molecule has 4 nitrogen and oxygen atoms in total. The van der Waals surface area contributed by atoms with E-state index in [2.05, 4.69) is 31.2 Å². The van der Waals surface area contributed by atoms with E-state index >= 15 is 0 Å². The quantitative estimate of drug-likeness (QED) is 0.696. The van der Waals surface area contributed by atoms with Crippen LogP contribution >= 0.6 is 0 Å². The van der Waals surface area contributed by atoms with Gasteiger partial charge < -0.3 is 15.1 Å². The summed E-state index contributed by atoms with van der Waals surface area (Å²) in [7, 11) is 3.53. The van der Waals surface area contributed by atoms with E-state index in [0.717, 1.165) is 18.4 Å². The summed E-state index contributed by atoms with van der Waals surface area (Å²) >= 11 is 0. The molecule has 0 heterocycles. The van der Waals surface area contributed by atoms with E-state index in [9.17, 15) is 15.0 Å². The third-order valence-electron chi connectivity index (χ3n) is 6.11. The van der Waals surface area contributed by atoms with Crippen LogP contribution in [0, 0.1) is 24.7 Å². The Morgan fingerprint density at radius 3 is 2.86 bits per heavy atom. The number of hydrogen-bond acceptors (Lipinski definition) is 3. The van der Waals surface area contributed by atoms with Gasteiger partial charge in [-0.05, 0) is 37.2 Å². The second-order valence-electron chi connectivity index (χ2n) is 8.69. The van der Waals surface area contributed by atoms with Crippen LogP contribution in [0.25, 0.3) is 0 Å². The van der Waals surface area contributed by atoms with Crippen LogP contribution in [0.15, 0.2) is 60.2 Å². The molecule has 5 atom stereocenters. The van der Waals surface area contributed by atoms with Gasteiger partial charge in [-0.2, -0.15) is 0 Å². The number of carbonyl (C=O) groups is 1. The molecule has 1 amide bonds. The molecule has 0 saturated heterocycles. The highest BCUT2D eigenvalue weighted by molar-refractivity contribution is 5.77. The number of benzene rings is 1. The topological polar surface area (TPSA) is 60.8 Å². The van der Waals surface area contributed by atoms with Crippen LogP contribution in [0.3, 0.4) is 0 Å². The fraction of sp³-hybridized carbons (Fsp3) is 0.480. The Morgan fingerprint density at radius 2 is 2.14 bits per heavy atom. The van der Waals surface area contributed by atoms with Gasteiger partial charge >= 0.3 is 0 Å². The van der Waals surface area contributed by atoms with Gasteiger partial charge in [-0.1, -0.05) is 65.8 Å². The van der Waals surface area contributed by atoms with Gasteiger partial charge in [0.1, 0.15) is 0 Å². The largest absolute Gasteiger partial charge is 0.392 e. The predicted octanol–water partition coefficient (Wildman–Crippen LogP) is 3.43. The minimum atomic E-state index is -0.547. The lowest BCUT2D eigenvalue weighted by molar-refractivity contribution is -0.127. The van der Waals surface area contributed by atoms with Crippen molar-refractivity contribution in [2.24, 2.45) is 17.8 Å². The van der Waals surface area contributed by atoms with Gasteiger partial charge in [0.2, 0.25) is 5.91 Å². The first-order valence-electron chi connectivity index (χ1n) is 10.5. The Morgan fingerprint density at radius 1 is 1.34 bits per heavy atom. The summed E-state index contributed by atoms with van der Waals surface area (Å²) in [6.07, 6.45) is 11.9.